The van der Waals surface area contributed by atoms with Crippen molar-refractivity contribution < 1.29 is 14.3 Å². The summed E-state index contributed by atoms with van der Waals surface area (Å²) in [6.45, 7) is 0.707. The number of benzene rings is 1. The van der Waals surface area contributed by atoms with E-state index >= 15 is 0 Å². The Morgan fingerprint density at radius 2 is 2.10 bits per heavy atom. The Labute approximate surface area is 122 Å². The SMILES string of the molecule is Nc1cccc(OCCC(=O)OCCc2cccs2)c1. The Kier molecular flexibility index (Phi) is 5.43. The number of hydrogen-bond acceptors (Lipinski definition) is 5. The van der Waals surface area contributed by atoms with Crippen LogP contribution < -0.4 is 10.5 Å². The molecule has 0 amide bonds. The number of thiophene rings is 1. The molecular weight excluding hydrogens is 274 g/mol. The molecule has 0 saturated heterocycles. The van der Waals surface area contributed by atoms with E-state index in [2.05, 4.69) is 0 Å². The largest absolute Gasteiger partial charge is 0.493 e. The van der Waals surface area contributed by atoms with E-state index in [1.54, 1.807) is 29.5 Å². The first-order chi connectivity index (χ1) is 9.74. The van der Waals surface area contributed by atoms with Crippen molar-refractivity contribution in [2.45, 2.75) is 12.8 Å². The predicted molar refractivity (Wildman–Crippen MR) is 79.9 cm³/mol. The average Bonchev–Trinajstić information content (AvgIpc) is 2.92. The zero-order valence-electron chi connectivity index (χ0n) is 11.1. The van der Waals surface area contributed by atoms with Crippen molar-refractivity contribution in [3.63, 3.8) is 0 Å². The number of nitrogens with two attached hydrogens (primary N) is 1. The second-order valence-corrected chi connectivity index (χ2v) is 5.25. The highest BCUT2D eigenvalue weighted by Crippen LogP contribution is 2.14. The summed E-state index contributed by atoms with van der Waals surface area (Å²) in [6, 6.07) is 11.1. The molecule has 2 aromatic rings. The fourth-order valence-corrected chi connectivity index (χ4v) is 2.34. The zero-order valence-corrected chi connectivity index (χ0v) is 11.9. The number of hydrogen-bond donors (Lipinski definition) is 1. The van der Waals surface area contributed by atoms with Gasteiger partial charge in [0.15, 0.2) is 0 Å². The van der Waals surface area contributed by atoms with Crippen LogP contribution in [0.25, 0.3) is 0 Å². The van der Waals surface area contributed by atoms with E-state index in [0.717, 1.165) is 6.42 Å². The highest BCUT2D eigenvalue weighted by Gasteiger charge is 2.04. The lowest BCUT2D eigenvalue weighted by atomic mass is 10.3. The van der Waals surface area contributed by atoms with Gasteiger partial charge in [-0.2, -0.15) is 0 Å². The maximum Gasteiger partial charge on any atom is 0.309 e. The van der Waals surface area contributed by atoms with Crippen LogP contribution in [0.1, 0.15) is 11.3 Å². The van der Waals surface area contributed by atoms with Crippen LogP contribution in [0, 0.1) is 0 Å². The second kappa shape index (κ2) is 7.55. The lowest BCUT2D eigenvalue weighted by molar-refractivity contribution is -0.144. The summed E-state index contributed by atoms with van der Waals surface area (Å²) in [7, 11) is 0. The van der Waals surface area contributed by atoms with Crippen molar-refractivity contribution in [1.82, 2.24) is 0 Å². The molecule has 0 spiro atoms. The molecule has 0 unspecified atom stereocenters. The van der Waals surface area contributed by atoms with E-state index in [1.807, 2.05) is 23.6 Å². The number of rotatable bonds is 7. The summed E-state index contributed by atoms with van der Waals surface area (Å²) in [5.41, 5.74) is 6.27. The summed E-state index contributed by atoms with van der Waals surface area (Å²) < 4.78 is 10.6. The third-order valence-corrected chi connectivity index (χ3v) is 3.56. The van der Waals surface area contributed by atoms with E-state index in [9.17, 15) is 4.79 Å². The molecule has 1 aromatic heterocycles. The molecule has 1 heterocycles. The summed E-state index contributed by atoms with van der Waals surface area (Å²) in [6.07, 6.45) is 0.999. The molecule has 4 nitrogen and oxygen atoms in total. The molecular formula is C15H17NO3S. The monoisotopic (exact) mass is 291 g/mol. The van der Waals surface area contributed by atoms with Crippen LogP contribution in [0.5, 0.6) is 5.75 Å². The molecule has 0 aliphatic carbocycles. The van der Waals surface area contributed by atoms with E-state index in [-0.39, 0.29) is 12.4 Å². The molecule has 0 radical (unpaired) electrons. The number of nitrogen functional groups attached to an aromatic ring is 1. The van der Waals surface area contributed by atoms with E-state index in [4.69, 9.17) is 15.2 Å². The van der Waals surface area contributed by atoms with Gasteiger partial charge >= 0.3 is 5.97 Å². The molecule has 2 N–H and O–H groups in total. The Morgan fingerprint density at radius 1 is 1.20 bits per heavy atom. The van der Waals surface area contributed by atoms with Crippen LogP contribution in [0.3, 0.4) is 0 Å². The van der Waals surface area contributed by atoms with Gasteiger partial charge in [0, 0.05) is 23.1 Å². The third kappa shape index (κ3) is 4.93. The summed E-state index contributed by atoms with van der Waals surface area (Å²) >= 11 is 1.66. The van der Waals surface area contributed by atoms with Crippen LogP contribution in [-0.2, 0) is 16.0 Å². The Morgan fingerprint density at radius 3 is 2.85 bits per heavy atom. The molecule has 0 aliphatic heterocycles. The average molecular weight is 291 g/mol. The van der Waals surface area contributed by atoms with Gasteiger partial charge in [-0.1, -0.05) is 12.1 Å². The fourth-order valence-electron chi connectivity index (χ4n) is 1.65. The molecule has 0 atom stereocenters. The quantitative estimate of drug-likeness (QED) is 0.629. The highest BCUT2D eigenvalue weighted by atomic mass is 32.1. The van der Waals surface area contributed by atoms with Crippen LogP contribution in [0.4, 0.5) is 5.69 Å². The standard InChI is InChI=1S/C15H17NO3S/c16-12-3-1-4-13(11-12)18-9-7-15(17)19-8-6-14-5-2-10-20-14/h1-5,10-11H,6-9,16H2. The molecule has 0 bridgehead atoms. The summed E-state index contributed by atoms with van der Waals surface area (Å²) in [4.78, 5) is 12.7. The maximum absolute atomic E-state index is 11.5. The number of esters is 1. The molecule has 1 aromatic carbocycles. The molecule has 20 heavy (non-hydrogen) atoms. The van der Waals surface area contributed by atoms with Crippen LogP contribution in [-0.4, -0.2) is 19.2 Å². The topological polar surface area (TPSA) is 61.5 Å². The number of anilines is 1. The van der Waals surface area contributed by atoms with Gasteiger partial charge in [0.2, 0.25) is 0 Å². The van der Waals surface area contributed by atoms with Gasteiger partial charge in [-0.05, 0) is 23.6 Å². The Balaban J connectivity index is 1.60. The van der Waals surface area contributed by atoms with Crippen molar-refractivity contribution in [3.05, 3.63) is 46.7 Å². The number of carbonyl (C=O) groups is 1. The maximum atomic E-state index is 11.5. The van der Waals surface area contributed by atoms with Gasteiger partial charge < -0.3 is 15.2 Å². The number of carbonyl (C=O) groups excluding carboxylic acids is 1. The van der Waals surface area contributed by atoms with Crippen LogP contribution >= 0.6 is 11.3 Å². The highest BCUT2D eigenvalue weighted by molar-refractivity contribution is 7.09. The lowest BCUT2D eigenvalue weighted by Crippen LogP contribution is -2.11. The van der Waals surface area contributed by atoms with Crippen molar-refractivity contribution in [2.75, 3.05) is 18.9 Å². The van der Waals surface area contributed by atoms with Gasteiger partial charge in [0.25, 0.3) is 0 Å². The second-order valence-electron chi connectivity index (χ2n) is 4.22. The van der Waals surface area contributed by atoms with E-state index in [1.165, 1.54) is 4.88 Å². The predicted octanol–water partition coefficient (Wildman–Crippen LogP) is 2.89. The molecule has 2 rings (SSSR count). The van der Waals surface area contributed by atoms with Gasteiger partial charge in [-0.25, -0.2) is 0 Å². The Hall–Kier alpha value is -2.01. The third-order valence-electron chi connectivity index (χ3n) is 2.62. The van der Waals surface area contributed by atoms with Gasteiger partial charge in [-0.15, -0.1) is 11.3 Å². The van der Waals surface area contributed by atoms with Crippen molar-refractivity contribution in [1.29, 1.82) is 0 Å². The van der Waals surface area contributed by atoms with Crippen LogP contribution in [0.2, 0.25) is 0 Å². The summed E-state index contributed by atoms with van der Waals surface area (Å²) in [5, 5.41) is 2.01. The Bertz CT molecular complexity index is 540. The van der Waals surface area contributed by atoms with Gasteiger partial charge in [0.05, 0.1) is 19.6 Å². The molecule has 0 aliphatic rings. The smallest absolute Gasteiger partial charge is 0.309 e. The normalized spacial score (nSPS) is 10.2. The first-order valence-corrected chi connectivity index (χ1v) is 7.28. The lowest BCUT2D eigenvalue weighted by Gasteiger charge is -2.07. The van der Waals surface area contributed by atoms with Gasteiger partial charge in [0.1, 0.15) is 5.75 Å². The number of ether oxygens (including phenoxy) is 2. The first-order valence-electron chi connectivity index (χ1n) is 6.40. The molecule has 0 saturated carbocycles. The minimum atomic E-state index is -0.245. The molecule has 5 heteroatoms. The van der Waals surface area contributed by atoms with Crippen molar-refractivity contribution in [2.24, 2.45) is 0 Å². The van der Waals surface area contributed by atoms with Crippen molar-refractivity contribution >= 4 is 23.0 Å². The van der Waals surface area contributed by atoms with Gasteiger partial charge in [-0.3, -0.25) is 4.79 Å². The van der Waals surface area contributed by atoms with Crippen molar-refractivity contribution in [3.8, 4) is 5.75 Å². The van der Waals surface area contributed by atoms with E-state index in [0.29, 0.717) is 24.7 Å². The summed E-state index contributed by atoms with van der Waals surface area (Å²) in [5.74, 6) is 0.418. The zero-order chi connectivity index (χ0) is 14.2. The fraction of sp³-hybridized carbons (Fsp3) is 0.267. The molecule has 0 fully saturated rings. The minimum Gasteiger partial charge on any atom is -0.493 e. The minimum absolute atomic E-state index is 0.235. The molecule has 106 valence electrons. The van der Waals surface area contributed by atoms with E-state index < -0.39 is 0 Å². The first kappa shape index (κ1) is 14.4. The van der Waals surface area contributed by atoms with Crippen LogP contribution in [0.15, 0.2) is 41.8 Å².